The topological polar surface area (TPSA) is 111 Å². The first-order valence-corrected chi connectivity index (χ1v) is 19.1. The predicted octanol–water partition coefficient (Wildman–Crippen LogP) is 7.75. The van der Waals surface area contributed by atoms with Gasteiger partial charge in [-0.15, -0.1) is 13.2 Å². The van der Waals surface area contributed by atoms with Gasteiger partial charge < -0.3 is 23.5 Å². The Morgan fingerprint density at radius 2 is 1.71 bits per heavy atom. The van der Waals surface area contributed by atoms with Crippen molar-refractivity contribution in [3.63, 3.8) is 0 Å². The summed E-state index contributed by atoms with van der Waals surface area (Å²) in [7, 11) is 0.631. The van der Waals surface area contributed by atoms with Crippen LogP contribution in [0.5, 0.6) is 11.6 Å². The summed E-state index contributed by atoms with van der Waals surface area (Å²) in [5.41, 5.74) is -0.610. The molecule has 0 radical (unpaired) electrons. The van der Waals surface area contributed by atoms with Gasteiger partial charge >= 0.3 is 6.36 Å². The second-order valence-corrected chi connectivity index (χ2v) is 19.7. The largest absolute Gasteiger partial charge is 0.573 e. The lowest BCUT2D eigenvalue weighted by Crippen LogP contribution is -2.68. The summed E-state index contributed by atoms with van der Waals surface area (Å²) in [5, 5.41) is 15.6. The first kappa shape index (κ1) is 34.9. The van der Waals surface area contributed by atoms with E-state index in [2.05, 4.69) is 9.89 Å². The van der Waals surface area contributed by atoms with Gasteiger partial charge in [-0.05, 0) is 80.3 Å². The standard InChI is InChI=1S/C36H41F3N2O7Si/c1-19-14-15-24(46-36(37,38)39)22-16-21-17-23-28(41(5)6)30-27(33(40-47-30)45-18-20-12-10-9-11-13-20)32(44)35(23,48-49(7,8)34(2,3)4)31(43)26(21)29(42)25(19)22/h9-15,21,23,28,42H,16-18H2,1-8H3/t21-,23-,28-,35-/m0/s1. The fourth-order valence-corrected chi connectivity index (χ4v) is 8.79. The molecule has 1 heterocycles. The van der Waals surface area contributed by atoms with E-state index >= 15 is 9.59 Å². The maximum atomic E-state index is 15.3. The monoisotopic (exact) mass is 698 g/mol. The molecule has 9 nitrogen and oxygen atoms in total. The molecule has 1 saturated carbocycles. The van der Waals surface area contributed by atoms with Crippen LogP contribution < -0.4 is 9.47 Å². The van der Waals surface area contributed by atoms with Crippen LogP contribution in [0.15, 0.2) is 52.6 Å². The maximum Gasteiger partial charge on any atom is 0.573 e. The van der Waals surface area contributed by atoms with Gasteiger partial charge in [0.25, 0.3) is 5.88 Å². The number of nitrogens with zero attached hydrogens (tertiary/aromatic N) is 2. The van der Waals surface area contributed by atoms with Gasteiger partial charge in [0.1, 0.15) is 23.7 Å². The van der Waals surface area contributed by atoms with Gasteiger partial charge in [0.2, 0.25) is 11.6 Å². The van der Waals surface area contributed by atoms with Crippen LogP contribution in [0.3, 0.4) is 0 Å². The van der Waals surface area contributed by atoms with Crippen molar-refractivity contribution in [2.24, 2.45) is 11.8 Å². The van der Waals surface area contributed by atoms with Crippen LogP contribution in [-0.4, -0.2) is 61.1 Å². The van der Waals surface area contributed by atoms with E-state index in [-0.39, 0.29) is 53.4 Å². The number of fused-ring (bicyclic) bond motifs is 4. The molecule has 3 aromatic rings. The Labute approximate surface area is 284 Å². The molecule has 6 rings (SSSR count). The summed E-state index contributed by atoms with van der Waals surface area (Å²) in [6.07, 6.45) is -4.87. The van der Waals surface area contributed by atoms with Crippen LogP contribution in [0.1, 0.15) is 71.6 Å². The van der Waals surface area contributed by atoms with Gasteiger partial charge in [-0.1, -0.05) is 57.2 Å². The van der Waals surface area contributed by atoms with E-state index < -0.39 is 66.3 Å². The molecular weight excluding hydrogens is 657 g/mol. The van der Waals surface area contributed by atoms with Gasteiger partial charge in [-0.3, -0.25) is 14.5 Å². The normalized spacial score (nSPS) is 24.0. The number of aromatic nitrogens is 1. The lowest BCUT2D eigenvalue weighted by atomic mass is 9.57. The number of alkyl halides is 3. The predicted molar refractivity (Wildman–Crippen MR) is 177 cm³/mol. The van der Waals surface area contributed by atoms with Gasteiger partial charge in [0, 0.05) is 22.6 Å². The van der Waals surface area contributed by atoms with Crippen molar-refractivity contribution in [2.75, 3.05) is 14.1 Å². The number of Topliss-reactive ketones (excluding diaryl/α,β-unsaturated/α-hetero) is 2. The third-order valence-electron chi connectivity index (χ3n) is 10.6. The summed E-state index contributed by atoms with van der Waals surface area (Å²) in [6.45, 7) is 11.6. The second kappa shape index (κ2) is 11.8. The molecule has 1 aromatic heterocycles. The highest BCUT2D eigenvalue weighted by Gasteiger charge is 2.69. The highest BCUT2D eigenvalue weighted by molar-refractivity contribution is 6.74. The van der Waals surface area contributed by atoms with Crippen LogP contribution in [0, 0.1) is 18.8 Å². The zero-order chi connectivity index (χ0) is 35.8. The van der Waals surface area contributed by atoms with Crippen LogP contribution in [0.25, 0.3) is 5.76 Å². The van der Waals surface area contributed by atoms with Crippen molar-refractivity contribution in [3.05, 3.63) is 81.6 Å². The number of aliphatic hydroxyl groups is 1. The molecule has 3 aliphatic carbocycles. The maximum absolute atomic E-state index is 15.3. The lowest BCUT2D eigenvalue weighted by Gasteiger charge is -2.55. The van der Waals surface area contributed by atoms with E-state index in [0.29, 0.717) is 5.56 Å². The molecule has 2 aromatic carbocycles. The summed E-state index contributed by atoms with van der Waals surface area (Å²) in [6, 6.07) is 11.2. The average molecular weight is 699 g/mol. The minimum absolute atomic E-state index is 0.00438. The molecule has 0 amide bonds. The van der Waals surface area contributed by atoms with E-state index in [1.54, 1.807) is 21.0 Å². The molecule has 3 aliphatic rings. The number of aliphatic hydroxyl groups excluding tert-OH is 1. The number of aryl methyl sites for hydroxylation is 1. The Kier molecular flexibility index (Phi) is 8.43. The molecule has 262 valence electrons. The molecular formula is C36H41F3N2O7Si. The highest BCUT2D eigenvalue weighted by atomic mass is 28.4. The number of carbonyl (C=O) groups is 2. The van der Waals surface area contributed by atoms with Crippen LogP contribution >= 0.6 is 0 Å². The van der Waals surface area contributed by atoms with Crippen molar-refractivity contribution >= 4 is 25.6 Å². The molecule has 4 atom stereocenters. The summed E-state index contributed by atoms with van der Waals surface area (Å²) in [4.78, 5) is 32.3. The quantitative estimate of drug-likeness (QED) is 0.196. The van der Waals surface area contributed by atoms with Crippen molar-refractivity contribution in [1.82, 2.24) is 10.1 Å². The minimum Gasteiger partial charge on any atom is -0.507 e. The number of hydrogen-bond acceptors (Lipinski definition) is 9. The molecule has 0 bridgehead atoms. The zero-order valence-corrected chi connectivity index (χ0v) is 29.8. The SMILES string of the molecule is Cc1ccc(OC(F)(F)F)c2c1C(O)=C1C(=O)[C@]3(O[Si](C)(C)C(C)(C)C)C(=O)c4c(OCc5ccccc5)noc4[C@@H](N(C)C)[C@@H]3C[C@@H]1C2. The second-order valence-electron chi connectivity index (χ2n) is 15.0. The highest BCUT2D eigenvalue weighted by Crippen LogP contribution is 2.59. The molecule has 0 saturated heterocycles. The average Bonchev–Trinajstić information content (AvgIpc) is 3.41. The Bertz CT molecular complexity index is 1840. The summed E-state index contributed by atoms with van der Waals surface area (Å²) in [5.74, 6) is -3.73. The molecule has 1 fully saturated rings. The van der Waals surface area contributed by atoms with Gasteiger partial charge in [-0.25, -0.2) is 0 Å². The van der Waals surface area contributed by atoms with E-state index in [0.717, 1.165) is 5.56 Å². The lowest BCUT2D eigenvalue weighted by molar-refractivity contribution is -0.275. The Morgan fingerprint density at radius 1 is 1.04 bits per heavy atom. The molecule has 49 heavy (non-hydrogen) atoms. The summed E-state index contributed by atoms with van der Waals surface area (Å²) >= 11 is 0. The van der Waals surface area contributed by atoms with Gasteiger partial charge in [0.15, 0.2) is 19.7 Å². The number of halogens is 3. The van der Waals surface area contributed by atoms with Gasteiger partial charge in [0.05, 0.1) is 6.04 Å². The molecule has 13 heteroatoms. The zero-order valence-electron chi connectivity index (χ0n) is 28.8. The number of hydrogen-bond donors (Lipinski definition) is 1. The first-order valence-electron chi connectivity index (χ1n) is 16.2. The fourth-order valence-electron chi connectivity index (χ4n) is 7.34. The summed E-state index contributed by atoms with van der Waals surface area (Å²) < 4.78 is 63.8. The smallest absolute Gasteiger partial charge is 0.507 e. The Hall–Kier alpha value is -3.94. The van der Waals surface area contributed by atoms with Crippen molar-refractivity contribution < 1.29 is 46.3 Å². The van der Waals surface area contributed by atoms with Crippen LogP contribution in [-0.2, 0) is 22.2 Å². The van der Waals surface area contributed by atoms with Gasteiger partial charge in [-0.2, -0.15) is 0 Å². The van der Waals surface area contributed by atoms with Crippen molar-refractivity contribution in [2.45, 2.75) is 83.3 Å². The third-order valence-corrected chi connectivity index (χ3v) is 15.0. The number of ether oxygens (including phenoxy) is 2. The Morgan fingerprint density at radius 3 is 2.33 bits per heavy atom. The van der Waals surface area contributed by atoms with Crippen LogP contribution in [0.2, 0.25) is 18.1 Å². The molecule has 1 N–H and O–H groups in total. The number of rotatable bonds is 7. The number of ketones is 2. The van der Waals surface area contributed by atoms with E-state index in [1.165, 1.54) is 12.1 Å². The first-order chi connectivity index (χ1) is 22.8. The number of benzene rings is 2. The Balaban J connectivity index is 1.57. The van der Waals surface area contributed by atoms with E-state index in [9.17, 15) is 18.3 Å². The molecule has 0 aliphatic heterocycles. The molecule has 0 spiro atoms. The fraction of sp³-hybridized carbons (Fsp3) is 0.472. The van der Waals surface area contributed by atoms with Crippen molar-refractivity contribution in [1.29, 1.82) is 0 Å². The van der Waals surface area contributed by atoms with Crippen molar-refractivity contribution in [3.8, 4) is 11.6 Å². The third kappa shape index (κ3) is 5.69. The van der Waals surface area contributed by atoms with Crippen LogP contribution in [0.4, 0.5) is 13.2 Å². The minimum atomic E-state index is -4.97. The van der Waals surface area contributed by atoms with E-state index in [4.69, 9.17) is 13.7 Å². The molecule has 0 unspecified atom stereocenters. The van der Waals surface area contributed by atoms with E-state index in [1.807, 2.05) is 69.1 Å². The number of carbonyl (C=O) groups excluding carboxylic acids is 2.